The van der Waals surface area contributed by atoms with Crippen molar-refractivity contribution >= 4 is 11.9 Å². The van der Waals surface area contributed by atoms with E-state index >= 15 is 0 Å². The Morgan fingerprint density at radius 2 is 1.57 bits per heavy atom. The van der Waals surface area contributed by atoms with Crippen LogP contribution in [0.5, 0.6) is 11.5 Å². The van der Waals surface area contributed by atoms with Crippen LogP contribution in [0, 0.1) is 6.92 Å². The fraction of sp³-hybridized carbons (Fsp3) is 0.682. The van der Waals surface area contributed by atoms with Crippen molar-refractivity contribution in [3.63, 3.8) is 0 Å². The van der Waals surface area contributed by atoms with Gasteiger partial charge in [0, 0.05) is 19.5 Å². The molecule has 0 aromatic carbocycles. The molecule has 158 valence electrons. The third-order valence-corrected chi connectivity index (χ3v) is 4.58. The fourth-order valence-corrected chi connectivity index (χ4v) is 2.97. The van der Waals surface area contributed by atoms with Crippen molar-refractivity contribution in [2.45, 2.75) is 91.6 Å². The Hall–Kier alpha value is -2.11. The van der Waals surface area contributed by atoms with Gasteiger partial charge in [-0.2, -0.15) is 0 Å². The first-order chi connectivity index (χ1) is 13.5. The molecule has 0 aliphatic rings. The predicted molar refractivity (Wildman–Crippen MR) is 108 cm³/mol. The maximum absolute atomic E-state index is 12.2. The van der Waals surface area contributed by atoms with Crippen LogP contribution < -0.4 is 9.47 Å². The second kappa shape index (κ2) is 14.0. The number of esters is 2. The summed E-state index contributed by atoms with van der Waals surface area (Å²) in [6, 6.07) is 0. The van der Waals surface area contributed by atoms with Gasteiger partial charge in [0.05, 0.1) is 18.4 Å². The van der Waals surface area contributed by atoms with Gasteiger partial charge in [-0.25, -0.2) is 0 Å². The summed E-state index contributed by atoms with van der Waals surface area (Å²) in [6.07, 6.45) is 12.7. The highest BCUT2D eigenvalue weighted by Crippen LogP contribution is 2.34. The van der Waals surface area contributed by atoms with E-state index in [9.17, 15) is 9.59 Å². The molecule has 0 aliphatic heterocycles. The first-order valence-electron chi connectivity index (χ1n) is 10.4. The number of pyridine rings is 1. The largest absolute Gasteiger partial charge is 0.492 e. The van der Waals surface area contributed by atoms with Crippen LogP contribution in [0.25, 0.3) is 0 Å². The van der Waals surface area contributed by atoms with Gasteiger partial charge in [0.1, 0.15) is 6.61 Å². The molecule has 6 nitrogen and oxygen atoms in total. The quantitative estimate of drug-likeness (QED) is 0.316. The molecule has 0 unspecified atom stereocenters. The first kappa shape index (κ1) is 23.9. The maximum Gasteiger partial charge on any atom is 0.311 e. The standard InChI is InChI=1S/C22H35NO5/c1-5-6-7-8-9-10-11-12-13-14-20(25)28-21-17(2)23-15-19(22(21)26-4)16-27-18(3)24/h15H,5-14,16H2,1-4H3. The molecule has 0 aliphatic carbocycles. The normalized spacial score (nSPS) is 10.6. The second-order valence-electron chi connectivity index (χ2n) is 7.06. The third-order valence-electron chi connectivity index (χ3n) is 4.58. The van der Waals surface area contributed by atoms with Crippen LogP contribution in [-0.4, -0.2) is 24.0 Å². The lowest BCUT2D eigenvalue weighted by Gasteiger charge is -2.15. The zero-order valence-corrected chi connectivity index (χ0v) is 17.8. The molecule has 0 atom stereocenters. The molecule has 0 fully saturated rings. The van der Waals surface area contributed by atoms with Crippen LogP contribution in [-0.2, 0) is 20.9 Å². The minimum atomic E-state index is -0.397. The molecule has 0 saturated carbocycles. The van der Waals surface area contributed by atoms with Crippen LogP contribution >= 0.6 is 0 Å². The number of ether oxygens (including phenoxy) is 3. The molecule has 0 bridgehead atoms. The number of carbonyl (C=O) groups is 2. The van der Waals surface area contributed by atoms with Crippen molar-refractivity contribution in [1.29, 1.82) is 0 Å². The van der Waals surface area contributed by atoms with Gasteiger partial charge in [0.25, 0.3) is 0 Å². The lowest BCUT2D eigenvalue weighted by molar-refractivity contribution is -0.142. The monoisotopic (exact) mass is 393 g/mol. The van der Waals surface area contributed by atoms with E-state index in [2.05, 4.69) is 11.9 Å². The fourth-order valence-electron chi connectivity index (χ4n) is 2.97. The van der Waals surface area contributed by atoms with Crippen LogP contribution in [0.2, 0.25) is 0 Å². The number of methoxy groups -OCH3 is 1. The van der Waals surface area contributed by atoms with Gasteiger partial charge in [-0.15, -0.1) is 0 Å². The number of aromatic nitrogens is 1. The van der Waals surface area contributed by atoms with Gasteiger partial charge in [0.15, 0.2) is 11.5 Å². The van der Waals surface area contributed by atoms with Crippen molar-refractivity contribution in [2.75, 3.05) is 7.11 Å². The van der Waals surface area contributed by atoms with Gasteiger partial charge in [-0.05, 0) is 13.3 Å². The van der Waals surface area contributed by atoms with E-state index in [1.165, 1.54) is 52.6 Å². The van der Waals surface area contributed by atoms with Crippen LogP contribution in [0.3, 0.4) is 0 Å². The Morgan fingerprint density at radius 1 is 0.964 bits per heavy atom. The van der Waals surface area contributed by atoms with Gasteiger partial charge in [0.2, 0.25) is 0 Å². The number of rotatable bonds is 14. The van der Waals surface area contributed by atoms with E-state index in [1.807, 2.05) is 0 Å². The summed E-state index contributed by atoms with van der Waals surface area (Å²) >= 11 is 0. The Morgan fingerprint density at radius 3 is 2.14 bits per heavy atom. The summed E-state index contributed by atoms with van der Waals surface area (Å²) in [4.78, 5) is 27.5. The average Bonchev–Trinajstić information content (AvgIpc) is 2.67. The number of nitrogens with zero attached hydrogens (tertiary/aromatic N) is 1. The van der Waals surface area contributed by atoms with E-state index in [1.54, 1.807) is 13.1 Å². The Balaban J connectivity index is 2.44. The van der Waals surface area contributed by atoms with Crippen LogP contribution in [0.4, 0.5) is 0 Å². The summed E-state index contributed by atoms with van der Waals surface area (Å²) in [7, 11) is 1.49. The molecule has 0 spiro atoms. The highest BCUT2D eigenvalue weighted by atomic mass is 16.6. The zero-order chi connectivity index (χ0) is 20.8. The Bertz CT molecular complexity index is 615. The minimum absolute atomic E-state index is 0.0224. The van der Waals surface area contributed by atoms with Crippen LogP contribution in [0.1, 0.15) is 89.3 Å². The number of carbonyl (C=O) groups excluding carboxylic acids is 2. The average molecular weight is 394 g/mol. The van der Waals surface area contributed by atoms with Gasteiger partial charge >= 0.3 is 11.9 Å². The topological polar surface area (TPSA) is 74.7 Å². The molecular formula is C22H35NO5. The van der Waals surface area contributed by atoms with Crippen molar-refractivity contribution in [2.24, 2.45) is 0 Å². The molecular weight excluding hydrogens is 358 g/mol. The van der Waals surface area contributed by atoms with E-state index < -0.39 is 5.97 Å². The van der Waals surface area contributed by atoms with Gasteiger partial charge in [-0.1, -0.05) is 58.3 Å². The van der Waals surface area contributed by atoms with E-state index in [0.29, 0.717) is 29.2 Å². The first-order valence-corrected chi connectivity index (χ1v) is 10.4. The molecule has 1 aromatic heterocycles. The molecule has 1 heterocycles. The molecule has 0 N–H and O–H groups in total. The summed E-state index contributed by atoms with van der Waals surface area (Å²) in [5.41, 5.74) is 1.12. The lowest BCUT2D eigenvalue weighted by Crippen LogP contribution is -2.11. The Kier molecular flexibility index (Phi) is 11.9. The molecule has 28 heavy (non-hydrogen) atoms. The molecule has 0 amide bonds. The van der Waals surface area contributed by atoms with Crippen molar-refractivity contribution in [3.05, 3.63) is 17.5 Å². The second-order valence-corrected chi connectivity index (χ2v) is 7.06. The van der Waals surface area contributed by atoms with Crippen molar-refractivity contribution < 1.29 is 23.8 Å². The summed E-state index contributed by atoms with van der Waals surface area (Å²) in [6.45, 7) is 5.33. The minimum Gasteiger partial charge on any atom is -0.492 e. The van der Waals surface area contributed by atoms with Gasteiger partial charge in [-0.3, -0.25) is 14.6 Å². The van der Waals surface area contributed by atoms with Crippen molar-refractivity contribution in [3.8, 4) is 11.5 Å². The summed E-state index contributed by atoms with van der Waals surface area (Å²) in [5.74, 6) is -0.00965. The highest BCUT2D eigenvalue weighted by Gasteiger charge is 2.18. The molecule has 1 rings (SSSR count). The van der Waals surface area contributed by atoms with E-state index in [4.69, 9.17) is 14.2 Å². The molecule has 0 saturated heterocycles. The number of unbranched alkanes of at least 4 members (excludes halogenated alkanes) is 8. The number of hydrogen-bond donors (Lipinski definition) is 0. The predicted octanol–water partition coefficient (Wildman–Crippen LogP) is 5.29. The maximum atomic E-state index is 12.2. The third kappa shape index (κ3) is 9.20. The molecule has 1 aromatic rings. The highest BCUT2D eigenvalue weighted by molar-refractivity contribution is 5.74. The van der Waals surface area contributed by atoms with Crippen LogP contribution in [0.15, 0.2) is 6.20 Å². The number of hydrogen-bond acceptors (Lipinski definition) is 6. The smallest absolute Gasteiger partial charge is 0.311 e. The summed E-state index contributed by atoms with van der Waals surface area (Å²) in [5, 5.41) is 0. The zero-order valence-electron chi connectivity index (χ0n) is 17.8. The molecule has 0 radical (unpaired) electrons. The molecule has 6 heteroatoms. The Labute approximate surface area is 169 Å². The van der Waals surface area contributed by atoms with Crippen molar-refractivity contribution in [1.82, 2.24) is 4.98 Å². The summed E-state index contributed by atoms with van der Waals surface area (Å²) < 4.78 is 15.9. The number of aryl methyl sites for hydroxylation is 1. The SMILES string of the molecule is CCCCCCCCCCCC(=O)Oc1c(C)ncc(COC(C)=O)c1OC. The van der Waals surface area contributed by atoms with Gasteiger partial charge < -0.3 is 14.2 Å². The van der Waals surface area contributed by atoms with E-state index in [-0.39, 0.29) is 12.6 Å². The lowest BCUT2D eigenvalue weighted by atomic mass is 10.1. The van der Waals surface area contributed by atoms with E-state index in [0.717, 1.165) is 19.3 Å².